The summed E-state index contributed by atoms with van der Waals surface area (Å²) in [5.74, 6) is 0.561. The molecule has 5 rings (SSSR count). The molecule has 4 aromatic rings. The first-order chi connectivity index (χ1) is 13.8. The Morgan fingerprint density at radius 3 is 2.79 bits per heavy atom. The van der Waals surface area contributed by atoms with Gasteiger partial charge in [0.1, 0.15) is 6.29 Å². The third kappa shape index (κ3) is 2.89. The monoisotopic (exact) mass is 369 g/mol. The lowest BCUT2D eigenvalue weighted by atomic mass is 10.1. The molecule has 0 unspecified atom stereocenters. The molecule has 1 aliphatic rings. The molecule has 0 spiro atoms. The highest BCUT2D eigenvalue weighted by Gasteiger charge is 2.19. The zero-order chi connectivity index (χ0) is 18.9. The van der Waals surface area contributed by atoms with Crippen LogP contribution in [-0.4, -0.2) is 34.0 Å². The van der Waals surface area contributed by atoms with Crippen LogP contribution in [0.2, 0.25) is 0 Å². The van der Waals surface area contributed by atoms with Gasteiger partial charge in [-0.2, -0.15) is 4.98 Å². The number of pyridine rings is 1. The van der Waals surface area contributed by atoms with E-state index in [0.29, 0.717) is 12.5 Å². The maximum Gasteiger partial charge on any atom is 0.247 e. The molecular formula is C22H19N5O. The number of aromatic nitrogens is 3. The number of benzene rings is 2. The Morgan fingerprint density at radius 2 is 1.93 bits per heavy atom. The molecule has 28 heavy (non-hydrogen) atoms. The van der Waals surface area contributed by atoms with E-state index in [9.17, 15) is 4.79 Å². The van der Waals surface area contributed by atoms with Gasteiger partial charge in [0.05, 0.1) is 12.2 Å². The number of nitrogens with zero attached hydrogens (tertiary/aromatic N) is 4. The summed E-state index contributed by atoms with van der Waals surface area (Å²) in [6.45, 7) is 1.32. The predicted octanol–water partition coefficient (Wildman–Crippen LogP) is 3.70. The van der Waals surface area contributed by atoms with Crippen molar-refractivity contribution in [3.05, 3.63) is 72.3 Å². The van der Waals surface area contributed by atoms with Crippen LogP contribution in [0.1, 0.15) is 5.56 Å². The zero-order valence-electron chi connectivity index (χ0n) is 15.2. The summed E-state index contributed by atoms with van der Waals surface area (Å²) >= 11 is 0. The van der Waals surface area contributed by atoms with Crippen LogP contribution in [0.25, 0.3) is 16.9 Å². The van der Waals surface area contributed by atoms with Crippen LogP contribution in [0.4, 0.5) is 17.3 Å². The third-order valence-corrected chi connectivity index (χ3v) is 5.05. The summed E-state index contributed by atoms with van der Waals surface area (Å²) in [6, 6.07) is 22.3. The van der Waals surface area contributed by atoms with E-state index in [-0.39, 0.29) is 0 Å². The van der Waals surface area contributed by atoms with E-state index in [1.807, 2.05) is 47.0 Å². The molecule has 0 amide bonds. The normalized spacial score (nSPS) is 12.9. The van der Waals surface area contributed by atoms with E-state index in [2.05, 4.69) is 44.6 Å². The first-order valence-corrected chi connectivity index (χ1v) is 9.31. The summed E-state index contributed by atoms with van der Waals surface area (Å²) in [6.07, 6.45) is 1.89. The number of aldehydes is 1. The third-order valence-electron chi connectivity index (χ3n) is 5.05. The van der Waals surface area contributed by atoms with Crippen molar-refractivity contribution in [2.75, 3.05) is 23.3 Å². The van der Waals surface area contributed by atoms with Crippen LogP contribution in [0.3, 0.4) is 0 Å². The van der Waals surface area contributed by atoms with Crippen molar-refractivity contribution in [2.45, 2.75) is 6.42 Å². The van der Waals surface area contributed by atoms with Gasteiger partial charge in [-0.25, -0.2) is 4.52 Å². The Hall–Kier alpha value is -3.67. The fraction of sp³-hybridized carbons (Fsp3) is 0.136. The molecule has 1 N–H and O–H groups in total. The van der Waals surface area contributed by atoms with Crippen molar-refractivity contribution in [1.82, 2.24) is 14.6 Å². The van der Waals surface area contributed by atoms with E-state index in [1.54, 1.807) is 0 Å². The summed E-state index contributed by atoms with van der Waals surface area (Å²) < 4.78 is 1.86. The molecule has 2 aromatic heterocycles. The molecule has 0 aliphatic carbocycles. The number of hydrogen-bond donors (Lipinski definition) is 1. The van der Waals surface area contributed by atoms with Crippen LogP contribution in [0.15, 0.2) is 66.7 Å². The second-order valence-corrected chi connectivity index (χ2v) is 6.81. The molecule has 0 radical (unpaired) electrons. The highest BCUT2D eigenvalue weighted by molar-refractivity contribution is 5.71. The van der Waals surface area contributed by atoms with Crippen LogP contribution in [-0.2, 0) is 11.2 Å². The summed E-state index contributed by atoms with van der Waals surface area (Å²) in [7, 11) is 0. The number of nitrogens with one attached hydrogen (secondary N) is 1. The molecule has 3 heterocycles. The zero-order valence-corrected chi connectivity index (χ0v) is 15.2. The van der Waals surface area contributed by atoms with Crippen molar-refractivity contribution >= 4 is 29.3 Å². The molecule has 2 aromatic carbocycles. The largest absolute Gasteiger partial charge is 0.364 e. The highest BCUT2D eigenvalue weighted by Crippen LogP contribution is 2.31. The molecule has 6 heteroatoms. The lowest BCUT2D eigenvalue weighted by Gasteiger charge is -2.15. The number of anilines is 3. The van der Waals surface area contributed by atoms with Gasteiger partial charge in [-0.3, -0.25) is 0 Å². The second kappa shape index (κ2) is 6.81. The van der Waals surface area contributed by atoms with E-state index >= 15 is 0 Å². The SMILES string of the molecule is O=CCN1CCc2cc(Nc3nc4cccc(-c5ccccc5)n4n3)ccc21. The Labute approximate surface area is 162 Å². The minimum atomic E-state index is 0.441. The van der Waals surface area contributed by atoms with Gasteiger partial charge in [-0.05, 0) is 42.3 Å². The quantitative estimate of drug-likeness (QED) is 0.544. The number of carbonyl (C=O) groups is 1. The maximum absolute atomic E-state index is 10.8. The van der Waals surface area contributed by atoms with Gasteiger partial charge in [0.15, 0.2) is 5.65 Å². The summed E-state index contributed by atoms with van der Waals surface area (Å²) in [5.41, 5.74) is 6.20. The first-order valence-electron chi connectivity index (χ1n) is 9.31. The van der Waals surface area contributed by atoms with Gasteiger partial charge in [-0.15, -0.1) is 5.10 Å². The van der Waals surface area contributed by atoms with Crippen molar-refractivity contribution < 1.29 is 4.79 Å². The molecule has 0 fully saturated rings. The van der Waals surface area contributed by atoms with Gasteiger partial charge < -0.3 is 15.0 Å². The minimum absolute atomic E-state index is 0.441. The minimum Gasteiger partial charge on any atom is -0.364 e. The van der Waals surface area contributed by atoms with Gasteiger partial charge in [0.25, 0.3) is 0 Å². The molecule has 0 atom stereocenters. The fourth-order valence-corrected chi connectivity index (χ4v) is 3.74. The van der Waals surface area contributed by atoms with Gasteiger partial charge >= 0.3 is 0 Å². The van der Waals surface area contributed by atoms with E-state index < -0.39 is 0 Å². The average molecular weight is 369 g/mol. The number of fused-ring (bicyclic) bond motifs is 2. The highest BCUT2D eigenvalue weighted by atomic mass is 16.1. The Morgan fingerprint density at radius 1 is 1.04 bits per heavy atom. The van der Waals surface area contributed by atoms with E-state index in [1.165, 1.54) is 5.56 Å². The molecule has 0 saturated carbocycles. The lowest BCUT2D eigenvalue weighted by Crippen LogP contribution is -2.22. The molecular weight excluding hydrogens is 350 g/mol. The Balaban J connectivity index is 1.46. The molecule has 1 aliphatic heterocycles. The molecule has 6 nitrogen and oxygen atoms in total. The molecule has 0 bridgehead atoms. The van der Waals surface area contributed by atoms with Crippen molar-refractivity contribution in [1.29, 1.82) is 0 Å². The molecule has 138 valence electrons. The smallest absolute Gasteiger partial charge is 0.247 e. The Bertz CT molecular complexity index is 1150. The van der Waals surface area contributed by atoms with Crippen LogP contribution in [0, 0.1) is 0 Å². The van der Waals surface area contributed by atoms with Gasteiger partial charge in [0, 0.05) is 23.5 Å². The number of rotatable bonds is 5. The topological polar surface area (TPSA) is 62.5 Å². The van der Waals surface area contributed by atoms with Crippen LogP contribution < -0.4 is 10.2 Å². The standard InChI is InChI=1S/C22H19N5O/c28-14-13-26-12-11-17-15-18(9-10-19(17)26)23-22-24-21-8-4-7-20(27(21)25-22)16-5-2-1-3-6-16/h1-10,14-15H,11-13H2,(H,23,25). The van der Waals surface area contributed by atoms with Crippen LogP contribution in [0.5, 0.6) is 0 Å². The first kappa shape index (κ1) is 16.5. The van der Waals surface area contributed by atoms with E-state index in [0.717, 1.165) is 47.5 Å². The molecule has 0 saturated heterocycles. The van der Waals surface area contributed by atoms with Crippen LogP contribution >= 0.6 is 0 Å². The second-order valence-electron chi connectivity index (χ2n) is 6.81. The Kier molecular flexibility index (Phi) is 4.01. The number of hydrogen-bond acceptors (Lipinski definition) is 5. The number of carbonyl (C=O) groups excluding carboxylic acids is 1. The lowest BCUT2D eigenvalue weighted by molar-refractivity contribution is -0.106. The van der Waals surface area contributed by atoms with Gasteiger partial charge in [0.2, 0.25) is 5.95 Å². The maximum atomic E-state index is 10.8. The summed E-state index contributed by atoms with van der Waals surface area (Å²) in [5, 5.41) is 7.98. The van der Waals surface area contributed by atoms with Crippen molar-refractivity contribution in [3.8, 4) is 11.3 Å². The predicted molar refractivity (Wildman–Crippen MR) is 110 cm³/mol. The average Bonchev–Trinajstić information content (AvgIpc) is 3.32. The summed E-state index contributed by atoms with van der Waals surface area (Å²) in [4.78, 5) is 17.5. The van der Waals surface area contributed by atoms with Crippen molar-refractivity contribution in [2.24, 2.45) is 0 Å². The van der Waals surface area contributed by atoms with Crippen molar-refractivity contribution in [3.63, 3.8) is 0 Å². The van der Waals surface area contributed by atoms with Gasteiger partial charge in [-0.1, -0.05) is 36.4 Å². The van der Waals surface area contributed by atoms with E-state index in [4.69, 9.17) is 0 Å². The fourth-order valence-electron chi connectivity index (χ4n) is 3.74.